The molecule has 0 atom stereocenters. The van der Waals surface area contributed by atoms with Crippen LogP contribution in [0, 0.1) is 5.92 Å². The number of nitrogens with two attached hydrogens (primary N) is 1. The molecule has 0 unspecified atom stereocenters. The van der Waals surface area contributed by atoms with Crippen LogP contribution in [0.15, 0.2) is 18.2 Å². The average Bonchev–Trinajstić information content (AvgIpc) is 2.20. The third kappa shape index (κ3) is 2.99. The van der Waals surface area contributed by atoms with E-state index in [0.29, 0.717) is 5.92 Å². The van der Waals surface area contributed by atoms with Gasteiger partial charge in [-0.2, -0.15) is 0 Å². The van der Waals surface area contributed by atoms with Crippen molar-refractivity contribution >= 4 is 5.69 Å². The molecule has 2 nitrogen and oxygen atoms in total. The Morgan fingerprint density at radius 1 is 1.31 bits per heavy atom. The van der Waals surface area contributed by atoms with Crippen molar-refractivity contribution in [3.63, 3.8) is 0 Å². The van der Waals surface area contributed by atoms with E-state index in [4.69, 9.17) is 5.73 Å². The minimum absolute atomic E-state index is 0.0723. The number of nitrogen functional groups attached to an aromatic ring is 1. The van der Waals surface area contributed by atoms with E-state index >= 15 is 0 Å². The summed E-state index contributed by atoms with van der Waals surface area (Å²) in [5.74, 6) is 0.675. The molecule has 0 saturated heterocycles. The van der Waals surface area contributed by atoms with Crippen LogP contribution in [0.3, 0.4) is 0 Å². The van der Waals surface area contributed by atoms with Crippen molar-refractivity contribution < 1.29 is 0 Å². The topological polar surface area (TPSA) is 38.0 Å². The summed E-state index contributed by atoms with van der Waals surface area (Å²) in [6, 6.07) is 6.38. The highest BCUT2D eigenvalue weighted by Crippen LogP contribution is 2.27. The summed E-state index contributed by atoms with van der Waals surface area (Å²) in [5.41, 5.74) is 9.39. The van der Waals surface area contributed by atoms with Gasteiger partial charge in [-0.05, 0) is 50.4 Å². The quantitative estimate of drug-likeness (QED) is 0.766. The van der Waals surface area contributed by atoms with Crippen LogP contribution >= 0.6 is 0 Å². The molecule has 0 fully saturated rings. The molecule has 0 amide bonds. The average molecular weight is 220 g/mol. The zero-order valence-corrected chi connectivity index (χ0v) is 11.1. The van der Waals surface area contributed by atoms with Crippen LogP contribution in [-0.2, 0) is 12.0 Å². The maximum Gasteiger partial charge on any atom is 0.0395 e. The van der Waals surface area contributed by atoms with E-state index in [2.05, 4.69) is 45.1 Å². The van der Waals surface area contributed by atoms with Gasteiger partial charge in [-0.15, -0.1) is 0 Å². The molecule has 0 spiro atoms. The molecular weight excluding hydrogens is 196 g/mol. The van der Waals surface area contributed by atoms with Gasteiger partial charge in [-0.3, -0.25) is 0 Å². The van der Waals surface area contributed by atoms with Crippen molar-refractivity contribution in [3.05, 3.63) is 29.3 Å². The van der Waals surface area contributed by atoms with Gasteiger partial charge in [0, 0.05) is 11.2 Å². The molecule has 0 aliphatic heterocycles. The number of hydrogen-bond acceptors (Lipinski definition) is 2. The Bertz CT molecular complexity index is 354. The van der Waals surface area contributed by atoms with Gasteiger partial charge in [0.05, 0.1) is 0 Å². The summed E-state index contributed by atoms with van der Waals surface area (Å²) in [4.78, 5) is 0. The monoisotopic (exact) mass is 220 g/mol. The highest BCUT2D eigenvalue weighted by Gasteiger charge is 2.20. The molecule has 90 valence electrons. The first-order valence-electron chi connectivity index (χ1n) is 5.94. The Morgan fingerprint density at radius 3 is 2.44 bits per heavy atom. The van der Waals surface area contributed by atoms with Gasteiger partial charge in [-0.25, -0.2) is 0 Å². The SMILES string of the molecule is CNC(C)(C)c1cc(CC(C)C)ccc1N. The van der Waals surface area contributed by atoms with Crippen LogP contribution in [0.2, 0.25) is 0 Å². The minimum atomic E-state index is -0.0723. The van der Waals surface area contributed by atoms with Gasteiger partial charge < -0.3 is 11.1 Å². The van der Waals surface area contributed by atoms with E-state index in [0.717, 1.165) is 12.1 Å². The number of rotatable bonds is 4. The lowest BCUT2D eigenvalue weighted by Gasteiger charge is -2.27. The second kappa shape index (κ2) is 4.88. The van der Waals surface area contributed by atoms with Gasteiger partial charge in [0.25, 0.3) is 0 Å². The maximum atomic E-state index is 6.04. The predicted octanol–water partition coefficient (Wildman–Crippen LogP) is 2.92. The van der Waals surface area contributed by atoms with Gasteiger partial charge in [0.2, 0.25) is 0 Å². The van der Waals surface area contributed by atoms with Gasteiger partial charge >= 0.3 is 0 Å². The van der Waals surface area contributed by atoms with Crippen molar-refractivity contribution in [1.82, 2.24) is 5.32 Å². The van der Waals surface area contributed by atoms with Crippen LogP contribution < -0.4 is 11.1 Å². The summed E-state index contributed by atoms with van der Waals surface area (Å²) in [6.45, 7) is 8.77. The van der Waals surface area contributed by atoms with Crippen molar-refractivity contribution in [2.75, 3.05) is 12.8 Å². The van der Waals surface area contributed by atoms with E-state index < -0.39 is 0 Å². The summed E-state index contributed by atoms with van der Waals surface area (Å²) >= 11 is 0. The molecule has 0 heterocycles. The molecule has 2 heteroatoms. The molecule has 16 heavy (non-hydrogen) atoms. The van der Waals surface area contributed by atoms with Gasteiger partial charge in [0.15, 0.2) is 0 Å². The van der Waals surface area contributed by atoms with Crippen LogP contribution in [0.4, 0.5) is 5.69 Å². The Morgan fingerprint density at radius 2 is 1.94 bits per heavy atom. The molecule has 0 aliphatic rings. The van der Waals surface area contributed by atoms with E-state index in [-0.39, 0.29) is 5.54 Å². The first-order valence-corrected chi connectivity index (χ1v) is 5.94. The van der Waals surface area contributed by atoms with E-state index in [1.54, 1.807) is 0 Å². The van der Waals surface area contributed by atoms with Crippen molar-refractivity contribution in [3.8, 4) is 0 Å². The number of hydrogen-bond donors (Lipinski definition) is 2. The first kappa shape index (κ1) is 13.0. The van der Waals surface area contributed by atoms with Gasteiger partial charge in [0.1, 0.15) is 0 Å². The van der Waals surface area contributed by atoms with Crippen molar-refractivity contribution in [2.24, 2.45) is 5.92 Å². The maximum absolute atomic E-state index is 6.04. The largest absolute Gasteiger partial charge is 0.398 e. The minimum Gasteiger partial charge on any atom is -0.398 e. The third-order valence-corrected chi connectivity index (χ3v) is 3.06. The Balaban J connectivity index is 3.08. The molecule has 0 aromatic heterocycles. The fourth-order valence-corrected chi connectivity index (χ4v) is 1.88. The molecule has 0 radical (unpaired) electrons. The van der Waals surface area contributed by atoms with Crippen LogP contribution in [0.5, 0.6) is 0 Å². The second-order valence-corrected chi connectivity index (χ2v) is 5.39. The van der Waals surface area contributed by atoms with Crippen molar-refractivity contribution in [2.45, 2.75) is 39.7 Å². The Hall–Kier alpha value is -1.02. The first-order chi connectivity index (χ1) is 7.36. The molecule has 1 aromatic carbocycles. The summed E-state index contributed by atoms with van der Waals surface area (Å²) < 4.78 is 0. The second-order valence-electron chi connectivity index (χ2n) is 5.39. The lowest BCUT2D eigenvalue weighted by molar-refractivity contribution is 0.445. The molecular formula is C14H24N2. The standard InChI is InChI=1S/C14H24N2/c1-10(2)8-11-6-7-13(15)12(9-11)14(3,4)16-5/h6-7,9-10,16H,8,15H2,1-5H3. The summed E-state index contributed by atoms with van der Waals surface area (Å²) in [7, 11) is 1.97. The smallest absolute Gasteiger partial charge is 0.0395 e. The summed E-state index contributed by atoms with van der Waals surface area (Å²) in [6.07, 6.45) is 1.10. The van der Waals surface area contributed by atoms with Crippen LogP contribution in [0.1, 0.15) is 38.8 Å². The highest BCUT2D eigenvalue weighted by molar-refractivity contribution is 5.52. The number of benzene rings is 1. The highest BCUT2D eigenvalue weighted by atomic mass is 14.9. The van der Waals surface area contributed by atoms with Crippen LogP contribution in [-0.4, -0.2) is 7.05 Å². The fraction of sp³-hybridized carbons (Fsp3) is 0.571. The number of anilines is 1. The molecule has 0 aliphatic carbocycles. The normalized spacial score (nSPS) is 12.1. The molecule has 3 N–H and O–H groups in total. The Labute approximate surface area is 99.2 Å². The number of nitrogens with one attached hydrogen (secondary N) is 1. The predicted molar refractivity (Wildman–Crippen MR) is 71.5 cm³/mol. The lowest BCUT2D eigenvalue weighted by Crippen LogP contribution is -2.34. The Kier molecular flexibility index (Phi) is 3.98. The van der Waals surface area contributed by atoms with Crippen molar-refractivity contribution in [1.29, 1.82) is 0 Å². The molecule has 1 aromatic rings. The third-order valence-electron chi connectivity index (χ3n) is 3.06. The van der Waals surface area contributed by atoms with Gasteiger partial charge in [-0.1, -0.05) is 26.0 Å². The molecule has 0 bridgehead atoms. The lowest BCUT2D eigenvalue weighted by atomic mass is 9.90. The van der Waals surface area contributed by atoms with E-state index in [9.17, 15) is 0 Å². The molecule has 1 rings (SSSR count). The van der Waals surface area contributed by atoms with E-state index in [1.165, 1.54) is 11.1 Å². The zero-order chi connectivity index (χ0) is 12.3. The molecule has 0 saturated carbocycles. The fourth-order valence-electron chi connectivity index (χ4n) is 1.88. The zero-order valence-electron chi connectivity index (χ0n) is 11.1. The van der Waals surface area contributed by atoms with E-state index in [1.807, 2.05) is 13.1 Å². The summed E-state index contributed by atoms with van der Waals surface area (Å²) in [5, 5.41) is 3.30. The van der Waals surface area contributed by atoms with Crippen LogP contribution in [0.25, 0.3) is 0 Å².